The molecule has 39 heavy (non-hydrogen) atoms. The topological polar surface area (TPSA) is 87.1 Å². The number of para-hydroxylation sites is 1. The lowest BCUT2D eigenvalue weighted by Gasteiger charge is -2.09. The Morgan fingerprint density at radius 3 is 2.21 bits per heavy atom. The first-order valence-corrected chi connectivity index (χ1v) is 14.1. The Balaban J connectivity index is 1.05. The van der Waals surface area contributed by atoms with Crippen molar-refractivity contribution in [2.24, 2.45) is 7.05 Å². The molecule has 3 N–H and O–H groups in total. The van der Waals surface area contributed by atoms with Crippen molar-refractivity contribution in [2.75, 3.05) is 17.6 Å². The lowest BCUT2D eigenvalue weighted by Crippen LogP contribution is -2.20. The van der Waals surface area contributed by atoms with Crippen molar-refractivity contribution >= 4 is 11.5 Å². The van der Waals surface area contributed by atoms with Crippen LogP contribution in [0.3, 0.4) is 0 Å². The van der Waals surface area contributed by atoms with Gasteiger partial charge in [-0.2, -0.15) is 0 Å². The molecule has 0 radical (unpaired) electrons. The summed E-state index contributed by atoms with van der Waals surface area (Å²) >= 11 is 0. The van der Waals surface area contributed by atoms with Crippen molar-refractivity contribution in [1.29, 1.82) is 0 Å². The van der Waals surface area contributed by atoms with Gasteiger partial charge >= 0.3 is 0 Å². The first-order valence-electron chi connectivity index (χ1n) is 14.1. The minimum Gasteiger partial charge on any atom is -0.457 e. The highest BCUT2D eigenvalue weighted by atomic mass is 16.5. The smallest absolute Gasteiger partial charge is 0.274 e. The second kappa shape index (κ2) is 14.2. The molecule has 0 spiro atoms. The molecule has 2 aromatic heterocycles. The van der Waals surface area contributed by atoms with E-state index in [0.29, 0.717) is 11.6 Å². The second-order valence-corrected chi connectivity index (χ2v) is 10.1. The van der Waals surface area contributed by atoms with Crippen LogP contribution in [-0.2, 0) is 13.5 Å². The van der Waals surface area contributed by atoms with Crippen molar-refractivity contribution in [3.8, 4) is 17.2 Å². The van der Waals surface area contributed by atoms with Gasteiger partial charge in [-0.25, -0.2) is 9.67 Å². The number of nitrogen functional groups attached to an aromatic ring is 1. The summed E-state index contributed by atoms with van der Waals surface area (Å²) < 4.78 is 9.57. The van der Waals surface area contributed by atoms with E-state index < -0.39 is 0 Å². The van der Waals surface area contributed by atoms with Gasteiger partial charge in [0.15, 0.2) is 0 Å². The molecule has 206 valence electrons. The third-order valence-electron chi connectivity index (χ3n) is 7.20. The fraction of sp³-hybridized carbons (Fsp3) is 0.375. The minimum absolute atomic E-state index is 0.120. The Labute approximate surface area is 231 Å². The number of unbranched alkanes of at least 4 members (excludes halogenated alkanes) is 7. The van der Waals surface area contributed by atoms with Gasteiger partial charge in [0.2, 0.25) is 0 Å². The number of anilines is 2. The number of pyridine rings is 1. The predicted octanol–water partition coefficient (Wildman–Crippen LogP) is 7.03. The van der Waals surface area contributed by atoms with Crippen molar-refractivity contribution in [1.82, 2.24) is 14.3 Å². The van der Waals surface area contributed by atoms with Gasteiger partial charge in [-0.15, -0.1) is 0 Å². The van der Waals surface area contributed by atoms with E-state index in [-0.39, 0.29) is 5.56 Å². The number of aromatic nitrogens is 3. The summed E-state index contributed by atoms with van der Waals surface area (Å²) in [6.45, 7) is 3.02. The Hall–Kier alpha value is -4.00. The lowest BCUT2D eigenvalue weighted by atomic mass is 10.0. The van der Waals surface area contributed by atoms with Crippen LogP contribution >= 0.6 is 0 Å². The van der Waals surface area contributed by atoms with Crippen LogP contribution in [0.25, 0.3) is 5.69 Å². The van der Waals surface area contributed by atoms with Crippen molar-refractivity contribution in [3.63, 3.8) is 0 Å². The first-order chi connectivity index (χ1) is 19.0. The standard InChI is InChI=1S/C32H41N5O2/c1-25-30(32(38)37(36(25)2)27-14-10-9-11-15-27)16-12-7-5-3-4-6-8-13-22-34-26-17-19-28(20-18-26)39-29-21-23-35-31(33)24-29/h9-11,14-15,17-21,23-24,34H,3-8,12-13,16,22H2,1-2H3,(H2,33,35). The molecular formula is C32H41N5O2. The number of nitrogens with zero attached hydrogens (tertiary/aromatic N) is 3. The first kappa shape index (κ1) is 28.0. The molecule has 0 bridgehead atoms. The summed E-state index contributed by atoms with van der Waals surface area (Å²) in [6, 6.07) is 21.4. The molecule has 4 rings (SSSR count). The fourth-order valence-electron chi connectivity index (χ4n) is 4.90. The molecule has 0 saturated carbocycles. The van der Waals surface area contributed by atoms with Gasteiger partial charge in [-0.05, 0) is 68.7 Å². The molecule has 7 nitrogen and oxygen atoms in total. The number of benzene rings is 2. The molecule has 0 amide bonds. The highest BCUT2D eigenvalue weighted by Gasteiger charge is 2.15. The molecule has 0 aliphatic rings. The Morgan fingerprint density at radius 2 is 1.51 bits per heavy atom. The number of ether oxygens (including phenoxy) is 1. The van der Waals surface area contributed by atoms with Crippen molar-refractivity contribution < 1.29 is 4.74 Å². The van der Waals surface area contributed by atoms with E-state index in [4.69, 9.17) is 10.5 Å². The van der Waals surface area contributed by atoms with E-state index in [9.17, 15) is 4.79 Å². The monoisotopic (exact) mass is 527 g/mol. The molecule has 7 heteroatoms. The van der Waals surface area contributed by atoms with E-state index in [1.807, 2.05) is 66.3 Å². The highest BCUT2D eigenvalue weighted by molar-refractivity contribution is 5.47. The third kappa shape index (κ3) is 7.99. The van der Waals surface area contributed by atoms with E-state index >= 15 is 0 Å². The van der Waals surface area contributed by atoms with Crippen LogP contribution in [0.2, 0.25) is 0 Å². The van der Waals surface area contributed by atoms with E-state index in [2.05, 4.69) is 17.2 Å². The Kier molecular flexibility index (Phi) is 10.2. The number of hydrogen-bond acceptors (Lipinski definition) is 5. The predicted molar refractivity (Wildman–Crippen MR) is 160 cm³/mol. The number of nitrogens with one attached hydrogen (secondary N) is 1. The van der Waals surface area contributed by atoms with Gasteiger partial charge in [-0.3, -0.25) is 9.48 Å². The summed E-state index contributed by atoms with van der Waals surface area (Å²) in [5, 5.41) is 3.49. The highest BCUT2D eigenvalue weighted by Crippen LogP contribution is 2.23. The second-order valence-electron chi connectivity index (χ2n) is 10.1. The average molecular weight is 528 g/mol. The zero-order valence-corrected chi connectivity index (χ0v) is 23.2. The van der Waals surface area contributed by atoms with Gasteiger partial charge in [0, 0.05) is 42.8 Å². The van der Waals surface area contributed by atoms with Crippen LogP contribution in [0.15, 0.2) is 77.7 Å². The van der Waals surface area contributed by atoms with Crippen LogP contribution < -0.4 is 21.3 Å². The van der Waals surface area contributed by atoms with Crippen molar-refractivity contribution in [2.45, 2.75) is 64.7 Å². The van der Waals surface area contributed by atoms with Crippen LogP contribution in [0.4, 0.5) is 11.5 Å². The molecule has 2 heterocycles. The minimum atomic E-state index is 0.120. The Bertz CT molecular complexity index is 1360. The van der Waals surface area contributed by atoms with Crippen LogP contribution in [0, 0.1) is 6.92 Å². The quantitative estimate of drug-likeness (QED) is 0.162. The van der Waals surface area contributed by atoms with E-state index in [0.717, 1.165) is 54.2 Å². The van der Waals surface area contributed by atoms with Crippen LogP contribution in [0.1, 0.15) is 62.6 Å². The maximum atomic E-state index is 13.0. The SMILES string of the molecule is Cc1c(CCCCCCCCCCNc2ccc(Oc3ccnc(N)c3)cc2)c(=O)n(-c2ccccc2)n1C. The molecular weight excluding hydrogens is 486 g/mol. The summed E-state index contributed by atoms with van der Waals surface area (Å²) in [5.41, 5.74) is 9.86. The molecule has 0 atom stereocenters. The maximum Gasteiger partial charge on any atom is 0.274 e. The molecule has 0 saturated heterocycles. The zero-order chi connectivity index (χ0) is 27.5. The largest absolute Gasteiger partial charge is 0.457 e. The van der Waals surface area contributed by atoms with Gasteiger partial charge in [0.1, 0.15) is 17.3 Å². The maximum absolute atomic E-state index is 13.0. The average Bonchev–Trinajstić information content (AvgIpc) is 3.15. The summed E-state index contributed by atoms with van der Waals surface area (Å²) in [4.78, 5) is 17.0. The summed E-state index contributed by atoms with van der Waals surface area (Å²) in [7, 11) is 1.97. The molecule has 0 aliphatic carbocycles. The number of hydrogen-bond donors (Lipinski definition) is 2. The summed E-state index contributed by atoms with van der Waals surface area (Å²) in [5.74, 6) is 1.90. The Morgan fingerprint density at radius 1 is 0.846 bits per heavy atom. The van der Waals surface area contributed by atoms with Crippen LogP contribution in [-0.4, -0.2) is 20.9 Å². The van der Waals surface area contributed by atoms with Gasteiger partial charge in [-0.1, -0.05) is 56.7 Å². The third-order valence-corrected chi connectivity index (χ3v) is 7.20. The number of rotatable bonds is 15. The molecule has 4 aromatic rings. The molecule has 0 unspecified atom stereocenters. The van der Waals surface area contributed by atoms with E-state index in [1.165, 1.54) is 38.5 Å². The lowest BCUT2D eigenvalue weighted by molar-refractivity contribution is 0.482. The molecule has 0 fully saturated rings. The normalized spacial score (nSPS) is 11.0. The zero-order valence-electron chi connectivity index (χ0n) is 23.2. The van der Waals surface area contributed by atoms with E-state index in [1.54, 1.807) is 23.0 Å². The number of nitrogens with two attached hydrogens (primary N) is 1. The van der Waals surface area contributed by atoms with Gasteiger partial charge < -0.3 is 15.8 Å². The molecule has 2 aromatic carbocycles. The van der Waals surface area contributed by atoms with Crippen LogP contribution in [0.5, 0.6) is 11.5 Å². The van der Waals surface area contributed by atoms with Crippen molar-refractivity contribution in [3.05, 3.63) is 94.5 Å². The fourth-order valence-corrected chi connectivity index (χ4v) is 4.90. The van der Waals surface area contributed by atoms with Gasteiger partial charge in [0.05, 0.1) is 5.69 Å². The molecule has 0 aliphatic heterocycles. The summed E-state index contributed by atoms with van der Waals surface area (Å²) in [6.07, 6.45) is 12.2. The van der Waals surface area contributed by atoms with Gasteiger partial charge in [0.25, 0.3) is 5.56 Å².